The molecule has 2 rings (SSSR count). The van der Waals surface area contributed by atoms with E-state index < -0.39 is 29.4 Å². The van der Waals surface area contributed by atoms with Gasteiger partial charge in [0.05, 0.1) is 12.7 Å². The fraction of sp³-hybridized carbons (Fsp3) is 0.143. The Hall–Kier alpha value is -2.84. The van der Waals surface area contributed by atoms with Crippen LogP contribution in [-0.2, 0) is 0 Å². The number of rotatable bonds is 4. The second-order valence-corrected chi connectivity index (χ2v) is 4.23. The molecule has 0 bridgehead atoms. The van der Waals surface area contributed by atoms with E-state index >= 15 is 0 Å². The van der Waals surface area contributed by atoms with Crippen LogP contribution in [0.15, 0.2) is 36.5 Å². The largest absolute Gasteiger partial charge is 0.573 e. The number of pyridine rings is 1. The van der Waals surface area contributed by atoms with Crippen molar-refractivity contribution in [3.63, 3.8) is 0 Å². The lowest BCUT2D eigenvalue weighted by atomic mass is 10.2. The Kier molecular flexibility index (Phi) is 4.68. The standard InChI is InChI=1S/C14H10F4N2O3/c1-22-12-6-8(4-5-19-12)20-13(21)10-7-9(2-3-11(10)15)23-14(16,17)18/h2-7H,1H3,(H,19,20,21). The van der Waals surface area contributed by atoms with Crippen molar-refractivity contribution < 1.29 is 31.8 Å². The summed E-state index contributed by atoms with van der Waals surface area (Å²) in [6, 6.07) is 4.93. The van der Waals surface area contributed by atoms with Crippen molar-refractivity contribution in [3.05, 3.63) is 47.9 Å². The summed E-state index contributed by atoms with van der Waals surface area (Å²) in [7, 11) is 1.37. The van der Waals surface area contributed by atoms with Gasteiger partial charge < -0.3 is 14.8 Å². The van der Waals surface area contributed by atoms with Gasteiger partial charge in [-0.3, -0.25) is 4.79 Å². The molecule has 2 aromatic rings. The van der Waals surface area contributed by atoms with E-state index in [4.69, 9.17) is 4.74 Å². The summed E-state index contributed by atoms with van der Waals surface area (Å²) >= 11 is 0. The second kappa shape index (κ2) is 6.51. The van der Waals surface area contributed by atoms with Gasteiger partial charge in [0.2, 0.25) is 5.88 Å². The normalized spacial score (nSPS) is 11.0. The topological polar surface area (TPSA) is 60.5 Å². The number of nitrogens with zero attached hydrogens (tertiary/aromatic N) is 1. The zero-order valence-corrected chi connectivity index (χ0v) is 11.6. The molecule has 1 aromatic heterocycles. The summed E-state index contributed by atoms with van der Waals surface area (Å²) in [5.74, 6) is -2.42. The van der Waals surface area contributed by atoms with E-state index in [1.54, 1.807) is 0 Å². The molecule has 9 heteroatoms. The van der Waals surface area contributed by atoms with E-state index in [0.717, 1.165) is 6.07 Å². The minimum Gasteiger partial charge on any atom is -0.481 e. The second-order valence-electron chi connectivity index (χ2n) is 4.23. The molecule has 1 aromatic carbocycles. The van der Waals surface area contributed by atoms with Crippen LogP contribution in [0.25, 0.3) is 0 Å². The highest BCUT2D eigenvalue weighted by Gasteiger charge is 2.31. The number of hydrogen-bond donors (Lipinski definition) is 1. The molecule has 23 heavy (non-hydrogen) atoms. The van der Waals surface area contributed by atoms with E-state index in [2.05, 4.69) is 15.0 Å². The Morgan fingerprint density at radius 3 is 2.61 bits per heavy atom. The van der Waals surface area contributed by atoms with Crippen molar-refractivity contribution in [1.29, 1.82) is 0 Å². The maximum atomic E-state index is 13.7. The summed E-state index contributed by atoms with van der Waals surface area (Å²) in [6.45, 7) is 0. The third-order valence-corrected chi connectivity index (χ3v) is 2.62. The molecule has 1 N–H and O–H groups in total. The van der Waals surface area contributed by atoms with Gasteiger partial charge in [0.25, 0.3) is 5.91 Å². The van der Waals surface area contributed by atoms with Crippen molar-refractivity contribution in [2.24, 2.45) is 0 Å². The average molecular weight is 330 g/mol. The first-order valence-electron chi connectivity index (χ1n) is 6.15. The van der Waals surface area contributed by atoms with Crippen LogP contribution in [0.5, 0.6) is 11.6 Å². The van der Waals surface area contributed by atoms with Crippen LogP contribution in [0, 0.1) is 5.82 Å². The predicted molar refractivity (Wildman–Crippen MR) is 71.8 cm³/mol. The highest BCUT2D eigenvalue weighted by molar-refractivity contribution is 6.04. The Bertz CT molecular complexity index is 719. The van der Waals surface area contributed by atoms with E-state index in [1.807, 2.05) is 0 Å². The van der Waals surface area contributed by atoms with Gasteiger partial charge in [-0.15, -0.1) is 13.2 Å². The molecule has 0 fully saturated rings. The van der Waals surface area contributed by atoms with E-state index in [-0.39, 0.29) is 11.6 Å². The Labute approximate surface area is 127 Å². The van der Waals surface area contributed by atoms with Crippen molar-refractivity contribution in [2.45, 2.75) is 6.36 Å². The number of carbonyl (C=O) groups is 1. The maximum absolute atomic E-state index is 13.7. The first-order valence-corrected chi connectivity index (χ1v) is 6.15. The summed E-state index contributed by atoms with van der Waals surface area (Å²) in [5.41, 5.74) is -0.356. The lowest BCUT2D eigenvalue weighted by molar-refractivity contribution is -0.274. The maximum Gasteiger partial charge on any atom is 0.573 e. The lowest BCUT2D eigenvalue weighted by Gasteiger charge is -2.11. The summed E-state index contributed by atoms with van der Waals surface area (Å²) in [5, 5.41) is 2.33. The average Bonchev–Trinajstić information content (AvgIpc) is 2.48. The first kappa shape index (κ1) is 16.5. The first-order chi connectivity index (χ1) is 10.8. The molecule has 0 aliphatic heterocycles. The van der Waals surface area contributed by atoms with Crippen molar-refractivity contribution >= 4 is 11.6 Å². The molecule has 122 valence electrons. The number of anilines is 1. The SMILES string of the molecule is COc1cc(NC(=O)c2cc(OC(F)(F)F)ccc2F)ccn1. The van der Waals surface area contributed by atoms with Gasteiger partial charge in [-0.2, -0.15) is 0 Å². The van der Waals surface area contributed by atoms with Crippen molar-refractivity contribution in [3.8, 4) is 11.6 Å². The van der Waals surface area contributed by atoms with Crippen LogP contribution in [0.4, 0.5) is 23.2 Å². The number of hydrogen-bond acceptors (Lipinski definition) is 4. The van der Waals surface area contributed by atoms with Crippen LogP contribution < -0.4 is 14.8 Å². The number of carbonyl (C=O) groups excluding carboxylic acids is 1. The van der Waals surface area contributed by atoms with Gasteiger partial charge in [0, 0.05) is 18.0 Å². The van der Waals surface area contributed by atoms with Crippen LogP contribution in [0.1, 0.15) is 10.4 Å². The molecular formula is C14H10F4N2O3. The highest BCUT2D eigenvalue weighted by Crippen LogP contribution is 2.25. The number of ether oxygens (including phenoxy) is 2. The number of nitrogens with one attached hydrogen (secondary N) is 1. The summed E-state index contributed by atoms with van der Waals surface area (Å²) in [6.07, 6.45) is -3.60. The molecule has 1 amide bonds. The summed E-state index contributed by atoms with van der Waals surface area (Å²) in [4.78, 5) is 15.8. The van der Waals surface area contributed by atoms with Gasteiger partial charge in [-0.05, 0) is 24.3 Å². The minimum atomic E-state index is -4.94. The van der Waals surface area contributed by atoms with E-state index in [9.17, 15) is 22.4 Å². The number of halogens is 4. The zero-order chi connectivity index (χ0) is 17.0. The molecule has 0 saturated carbocycles. The number of aromatic nitrogens is 1. The number of benzene rings is 1. The molecule has 1 heterocycles. The molecule has 0 aliphatic rings. The van der Waals surface area contributed by atoms with Gasteiger partial charge in [0.15, 0.2) is 0 Å². The van der Waals surface area contributed by atoms with Crippen LogP contribution >= 0.6 is 0 Å². The molecular weight excluding hydrogens is 320 g/mol. The smallest absolute Gasteiger partial charge is 0.481 e. The van der Waals surface area contributed by atoms with Gasteiger partial charge in [-0.25, -0.2) is 9.37 Å². The van der Waals surface area contributed by atoms with Crippen LogP contribution in [0.3, 0.4) is 0 Å². The molecule has 0 radical (unpaired) electrons. The Morgan fingerprint density at radius 2 is 1.96 bits per heavy atom. The highest BCUT2D eigenvalue weighted by atomic mass is 19.4. The molecule has 0 aliphatic carbocycles. The third kappa shape index (κ3) is 4.56. The van der Waals surface area contributed by atoms with Crippen LogP contribution in [0.2, 0.25) is 0 Å². The molecule has 0 atom stereocenters. The fourth-order valence-electron chi connectivity index (χ4n) is 1.67. The molecule has 0 saturated heterocycles. The third-order valence-electron chi connectivity index (χ3n) is 2.62. The minimum absolute atomic E-state index is 0.206. The van der Waals surface area contributed by atoms with Crippen LogP contribution in [-0.4, -0.2) is 24.4 Å². The Morgan fingerprint density at radius 1 is 1.22 bits per heavy atom. The monoisotopic (exact) mass is 330 g/mol. The van der Waals surface area contributed by atoms with E-state index in [0.29, 0.717) is 12.1 Å². The number of alkyl halides is 3. The predicted octanol–water partition coefficient (Wildman–Crippen LogP) is 3.38. The van der Waals surface area contributed by atoms with Gasteiger partial charge >= 0.3 is 6.36 Å². The number of methoxy groups -OCH3 is 1. The quantitative estimate of drug-likeness (QED) is 0.873. The van der Waals surface area contributed by atoms with Crippen molar-refractivity contribution in [2.75, 3.05) is 12.4 Å². The number of amides is 1. The molecule has 0 unspecified atom stereocenters. The Balaban J connectivity index is 2.22. The fourth-order valence-corrected chi connectivity index (χ4v) is 1.67. The summed E-state index contributed by atoms with van der Waals surface area (Å²) < 4.78 is 58.7. The molecule has 5 nitrogen and oxygen atoms in total. The van der Waals surface area contributed by atoms with E-state index in [1.165, 1.54) is 25.4 Å². The lowest BCUT2D eigenvalue weighted by Crippen LogP contribution is -2.18. The van der Waals surface area contributed by atoms with Gasteiger partial charge in [0.1, 0.15) is 11.6 Å². The zero-order valence-electron chi connectivity index (χ0n) is 11.6. The molecule has 0 spiro atoms. The van der Waals surface area contributed by atoms with Gasteiger partial charge in [-0.1, -0.05) is 0 Å². The van der Waals surface area contributed by atoms with Crippen molar-refractivity contribution in [1.82, 2.24) is 4.98 Å².